The molecule has 1 atom stereocenters. The molecule has 0 aliphatic rings. The molecule has 6 nitrogen and oxygen atoms in total. The lowest BCUT2D eigenvalue weighted by molar-refractivity contribution is 0.0926. The number of carbonyl (C=O) groups is 1. The van der Waals surface area contributed by atoms with Gasteiger partial charge in [0.2, 0.25) is 0 Å². The van der Waals surface area contributed by atoms with E-state index in [-0.39, 0.29) is 11.9 Å². The molecule has 0 saturated carbocycles. The predicted octanol–water partition coefficient (Wildman–Crippen LogP) is 1.11. The Labute approximate surface area is 112 Å². The molecule has 19 heavy (non-hydrogen) atoms. The van der Waals surface area contributed by atoms with E-state index < -0.39 is 0 Å². The fraction of sp³-hybridized carbons (Fsp3) is 0.385. The second kappa shape index (κ2) is 5.60. The summed E-state index contributed by atoms with van der Waals surface area (Å²) in [4.78, 5) is 12.2. The van der Waals surface area contributed by atoms with E-state index in [0.29, 0.717) is 24.5 Å². The number of hydrogen-bond acceptors (Lipinski definition) is 3. The van der Waals surface area contributed by atoms with Crippen LogP contribution in [0.2, 0.25) is 0 Å². The Balaban J connectivity index is 2.00. The molecule has 0 aliphatic heterocycles. The van der Waals surface area contributed by atoms with Crippen molar-refractivity contribution in [3.63, 3.8) is 0 Å². The summed E-state index contributed by atoms with van der Waals surface area (Å²) >= 11 is 0. The summed E-state index contributed by atoms with van der Waals surface area (Å²) in [5.41, 5.74) is 6.91. The molecule has 2 aromatic rings. The van der Waals surface area contributed by atoms with E-state index in [9.17, 15) is 4.79 Å². The third-order valence-corrected chi connectivity index (χ3v) is 2.89. The van der Waals surface area contributed by atoms with Crippen molar-refractivity contribution in [3.8, 4) is 0 Å². The van der Waals surface area contributed by atoms with Crippen LogP contribution in [0.4, 0.5) is 5.69 Å². The van der Waals surface area contributed by atoms with Gasteiger partial charge in [0.15, 0.2) is 0 Å². The Morgan fingerprint density at radius 2 is 2.37 bits per heavy atom. The van der Waals surface area contributed by atoms with Gasteiger partial charge in [-0.15, -0.1) is 0 Å². The third-order valence-electron chi connectivity index (χ3n) is 2.89. The van der Waals surface area contributed by atoms with E-state index in [2.05, 4.69) is 10.4 Å². The number of rotatable bonds is 5. The van der Waals surface area contributed by atoms with Crippen LogP contribution in [0.5, 0.6) is 0 Å². The van der Waals surface area contributed by atoms with E-state index in [0.717, 1.165) is 0 Å². The molecule has 1 unspecified atom stereocenters. The fourth-order valence-corrected chi connectivity index (χ4v) is 2.02. The van der Waals surface area contributed by atoms with Gasteiger partial charge in [-0.25, -0.2) is 0 Å². The smallest absolute Gasteiger partial charge is 0.268 e. The summed E-state index contributed by atoms with van der Waals surface area (Å²) in [6.45, 7) is 5.28. The second-order valence-corrected chi connectivity index (χ2v) is 4.55. The van der Waals surface area contributed by atoms with Crippen LogP contribution >= 0.6 is 0 Å². The van der Waals surface area contributed by atoms with E-state index in [1.807, 2.05) is 30.7 Å². The molecule has 1 amide bonds. The van der Waals surface area contributed by atoms with E-state index in [1.54, 1.807) is 23.1 Å². The highest BCUT2D eigenvalue weighted by molar-refractivity contribution is 5.94. The first-order valence-electron chi connectivity index (χ1n) is 6.34. The molecule has 0 radical (unpaired) electrons. The summed E-state index contributed by atoms with van der Waals surface area (Å²) in [5, 5.41) is 7.06. The van der Waals surface area contributed by atoms with Gasteiger partial charge in [-0.3, -0.25) is 9.48 Å². The summed E-state index contributed by atoms with van der Waals surface area (Å²) in [6.07, 6.45) is 5.36. The Morgan fingerprint density at radius 1 is 1.58 bits per heavy atom. The van der Waals surface area contributed by atoms with Gasteiger partial charge >= 0.3 is 0 Å². The van der Waals surface area contributed by atoms with Gasteiger partial charge in [-0.05, 0) is 26.0 Å². The summed E-state index contributed by atoms with van der Waals surface area (Å²) in [7, 11) is 0. The molecule has 0 aromatic carbocycles. The molecule has 2 rings (SSSR count). The van der Waals surface area contributed by atoms with Crippen molar-refractivity contribution in [2.45, 2.75) is 33.0 Å². The summed E-state index contributed by atoms with van der Waals surface area (Å²) < 4.78 is 3.63. The average molecular weight is 261 g/mol. The zero-order valence-corrected chi connectivity index (χ0v) is 11.2. The van der Waals surface area contributed by atoms with Crippen LogP contribution in [0.25, 0.3) is 0 Å². The first kappa shape index (κ1) is 13.2. The molecule has 2 aromatic heterocycles. The minimum Gasteiger partial charge on any atom is -0.397 e. The molecule has 2 heterocycles. The molecule has 0 aliphatic carbocycles. The maximum atomic E-state index is 12.2. The number of hydrogen-bond donors (Lipinski definition) is 2. The van der Waals surface area contributed by atoms with Crippen LogP contribution in [0.1, 0.15) is 24.3 Å². The van der Waals surface area contributed by atoms with E-state index in [1.165, 1.54) is 0 Å². The minimum atomic E-state index is -0.113. The van der Waals surface area contributed by atoms with Crippen molar-refractivity contribution >= 4 is 11.6 Å². The lowest BCUT2D eigenvalue weighted by atomic mass is 10.3. The number of nitrogen functional groups attached to an aromatic ring is 1. The van der Waals surface area contributed by atoms with Crippen LogP contribution in [-0.2, 0) is 13.1 Å². The zero-order valence-electron chi connectivity index (χ0n) is 11.2. The van der Waals surface area contributed by atoms with Gasteiger partial charge in [0, 0.05) is 31.2 Å². The predicted molar refractivity (Wildman–Crippen MR) is 73.7 cm³/mol. The highest BCUT2D eigenvalue weighted by atomic mass is 16.2. The molecular formula is C13H19N5O. The van der Waals surface area contributed by atoms with Crippen LogP contribution in [0.3, 0.4) is 0 Å². The monoisotopic (exact) mass is 261 g/mol. The number of aromatic nitrogens is 3. The van der Waals surface area contributed by atoms with Crippen LogP contribution in [-0.4, -0.2) is 26.3 Å². The molecule has 0 spiro atoms. The van der Waals surface area contributed by atoms with Gasteiger partial charge in [-0.2, -0.15) is 5.10 Å². The lowest BCUT2D eigenvalue weighted by Crippen LogP contribution is -2.36. The molecular weight excluding hydrogens is 242 g/mol. The standard InChI is InChI=1S/C13H19N5O/c1-3-17-9-11(14)7-12(17)13(19)16-10(2)8-18-6-4-5-15-18/h4-7,9-10H,3,8,14H2,1-2H3,(H,16,19). The van der Waals surface area contributed by atoms with Gasteiger partial charge in [0.1, 0.15) is 5.69 Å². The quantitative estimate of drug-likeness (QED) is 0.846. The molecule has 0 bridgehead atoms. The topological polar surface area (TPSA) is 77.9 Å². The molecule has 0 fully saturated rings. The number of nitrogens with one attached hydrogen (secondary N) is 1. The molecule has 6 heteroatoms. The maximum absolute atomic E-state index is 12.2. The Bertz CT molecular complexity index is 543. The fourth-order valence-electron chi connectivity index (χ4n) is 2.02. The number of nitrogens with two attached hydrogens (primary N) is 1. The van der Waals surface area contributed by atoms with Gasteiger partial charge in [-0.1, -0.05) is 0 Å². The number of nitrogens with zero attached hydrogens (tertiary/aromatic N) is 3. The highest BCUT2D eigenvalue weighted by Gasteiger charge is 2.14. The van der Waals surface area contributed by atoms with Crippen molar-refractivity contribution in [3.05, 3.63) is 36.4 Å². The minimum absolute atomic E-state index is 0.00571. The Kier molecular flexibility index (Phi) is 3.89. The lowest BCUT2D eigenvalue weighted by Gasteiger charge is -2.14. The number of amides is 1. The third kappa shape index (κ3) is 3.15. The largest absolute Gasteiger partial charge is 0.397 e. The number of anilines is 1. The van der Waals surface area contributed by atoms with Crippen LogP contribution in [0.15, 0.2) is 30.7 Å². The Hall–Kier alpha value is -2.24. The van der Waals surface area contributed by atoms with Crippen molar-refractivity contribution in [2.24, 2.45) is 0 Å². The van der Waals surface area contributed by atoms with Crippen molar-refractivity contribution in [2.75, 3.05) is 5.73 Å². The van der Waals surface area contributed by atoms with Gasteiger partial charge < -0.3 is 15.6 Å². The second-order valence-electron chi connectivity index (χ2n) is 4.55. The molecule has 3 N–H and O–H groups in total. The van der Waals surface area contributed by atoms with Crippen LogP contribution < -0.4 is 11.1 Å². The van der Waals surface area contributed by atoms with Gasteiger partial charge in [0.25, 0.3) is 5.91 Å². The Morgan fingerprint density at radius 3 is 3.00 bits per heavy atom. The average Bonchev–Trinajstić information content (AvgIpc) is 2.97. The molecule has 102 valence electrons. The summed E-state index contributed by atoms with van der Waals surface area (Å²) in [5.74, 6) is -0.113. The normalized spacial score (nSPS) is 12.3. The molecule has 0 saturated heterocycles. The van der Waals surface area contributed by atoms with Crippen molar-refractivity contribution in [1.29, 1.82) is 0 Å². The van der Waals surface area contributed by atoms with E-state index >= 15 is 0 Å². The first-order valence-corrected chi connectivity index (χ1v) is 6.34. The van der Waals surface area contributed by atoms with Crippen molar-refractivity contribution in [1.82, 2.24) is 19.7 Å². The van der Waals surface area contributed by atoms with Crippen molar-refractivity contribution < 1.29 is 4.79 Å². The first-order chi connectivity index (χ1) is 9.10. The number of carbonyl (C=O) groups excluding carboxylic acids is 1. The maximum Gasteiger partial charge on any atom is 0.268 e. The number of aryl methyl sites for hydroxylation is 1. The highest BCUT2D eigenvalue weighted by Crippen LogP contribution is 2.10. The van der Waals surface area contributed by atoms with Crippen LogP contribution in [0, 0.1) is 0 Å². The zero-order chi connectivity index (χ0) is 13.8. The van der Waals surface area contributed by atoms with E-state index in [4.69, 9.17) is 5.73 Å². The summed E-state index contributed by atoms with van der Waals surface area (Å²) in [6, 6.07) is 3.55. The SMILES string of the molecule is CCn1cc(N)cc1C(=O)NC(C)Cn1cccn1. The van der Waals surface area contributed by atoms with Gasteiger partial charge in [0.05, 0.1) is 12.2 Å².